The van der Waals surface area contributed by atoms with E-state index < -0.39 is 0 Å². The lowest BCUT2D eigenvalue weighted by Crippen LogP contribution is -2.26. The summed E-state index contributed by atoms with van der Waals surface area (Å²) in [5.41, 5.74) is 2.13. The van der Waals surface area contributed by atoms with Crippen molar-refractivity contribution in [1.82, 2.24) is 10.3 Å². The molecule has 4 nitrogen and oxygen atoms in total. The Hall–Kier alpha value is -2.73. The number of hydrogen-bond acceptors (Lipinski definition) is 4. The Labute approximate surface area is 149 Å². The van der Waals surface area contributed by atoms with Crippen molar-refractivity contribution in [2.75, 3.05) is 7.11 Å². The number of amides is 1. The zero-order chi connectivity index (χ0) is 17.8. The van der Waals surface area contributed by atoms with Crippen LogP contribution in [0.25, 0.3) is 10.6 Å². The molecule has 1 N–H and O–H groups in total. The van der Waals surface area contributed by atoms with E-state index in [0.29, 0.717) is 5.69 Å². The summed E-state index contributed by atoms with van der Waals surface area (Å²) in [5.74, 6) is 0.213. The van der Waals surface area contributed by atoms with Crippen molar-refractivity contribution in [2.24, 2.45) is 0 Å². The first-order valence-corrected chi connectivity index (χ1v) is 8.61. The van der Waals surface area contributed by atoms with Crippen LogP contribution in [0.15, 0.2) is 53.9 Å². The Morgan fingerprint density at radius 3 is 2.48 bits per heavy atom. The van der Waals surface area contributed by atoms with Gasteiger partial charge in [0.15, 0.2) is 0 Å². The SMILES string of the molecule is COc1ccc(-c2nc(C(=O)N[C@@H](C)c3ccc(F)cc3)cs2)cc1. The van der Waals surface area contributed by atoms with Crippen molar-refractivity contribution in [3.8, 4) is 16.3 Å². The number of carbonyl (C=O) groups is 1. The number of rotatable bonds is 5. The number of thiazole rings is 1. The zero-order valence-electron chi connectivity index (χ0n) is 13.8. The molecule has 128 valence electrons. The molecule has 0 fully saturated rings. The second kappa shape index (κ2) is 7.44. The highest BCUT2D eigenvalue weighted by molar-refractivity contribution is 7.13. The highest BCUT2D eigenvalue weighted by Crippen LogP contribution is 2.26. The number of halogens is 1. The molecule has 25 heavy (non-hydrogen) atoms. The molecule has 0 radical (unpaired) electrons. The Balaban J connectivity index is 1.70. The number of aromatic nitrogens is 1. The lowest BCUT2D eigenvalue weighted by molar-refractivity contribution is 0.0935. The predicted molar refractivity (Wildman–Crippen MR) is 96.4 cm³/mol. The molecule has 0 spiro atoms. The van der Waals surface area contributed by atoms with Crippen LogP contribution in [0.1, 0.15) is 29.0 Å². The Morgan fingerprint density at radius 1 is 1.16 bits per heavy atom. The fourth-order valence-corrected chi connectivity index (χ4v) is 3.16. The number of hydrogen-bond donors (Lipinski definition) is 1. The standard InChI is InChI=1S/C19H17FN2O2S/c1-12(13-3-7-15(20)8-4-13)21-18(23)17-11-25-19(22-17)14-5-9-16(24-2)10-6-14/h3-12H,1-2H3,(H,21,23)/t12-/m0/s1. The summed E-state index contributed by atoms with van der Waals surface area (Å²) in [6.45, 7) is 1.85. The van der Waals surface area contributed by atoms with E-state index >= 15 is 0 Å². The summed E-state index contributed by atoms with van der Waals surface area (Å²) in [6.07, 6.45) is 0. The van der Waals surface area contributed by atoms with Crippen LogP contribution in [0.5, 0.6) is 5.75 Å². The quantitative estimate of drug-likeness (QED) is 0.735. The van der Waals surface area contributed by atoms with E-state index in [4.69, 9.17) is 4.74 Å². The minimum absolute atomic E-state index is 0.237. The molecule has 1 aromatic heterocycles. The molecule has 3 aromatic rings. The van der Waals surface area contributed by atoms with Gasteiger partial charge >= 0.3 is 0 Å². The molecule has 0 saturated heterocycles. The second-order valence-electron chi connectivity index (χ2n) is 5.51. The molecule has 3 rings (SSSR count). The Bertz CT molecular complexity index is 860. The van der Waals surface area contributed by atoms with Gasteiger partial charge in [0, 0.05) is 10.9 Å². The maximum atomic E-state index is 13.0. The van der Waals surface area contributed by atoms with Gasteiger partial charge in [-0.3, -0.25) is 4.79 Å². The van der Waals surface area contributed by atoms with E-state index in [2.05, 4.69) is 10.3 Å². The van der Waals surface area contributed by atoms with Crippen LogP contribution in [-0.2, 0) is 0 Å². The smallest absolute Gasteiger partial charge is 0.271 e. The number of carbonyl (C=O) groups excluding carboxylic acids is 1. The summed E-state index contributed by atoms with van der Waals surface area (Å²) in [6, 6.07) is 13.3. The summed E-state index contributed by atoms with van der Waals surface area (Å²) < 4.78 is 18.1. The van der Waals surface area contributed by atoms with Crippen LogP contribution in [-0.4, -0.2) is 18.0 Å². The Morgan fingerprint density at radius 2 is 1.84 bits per heavy atom. The van der Waals surface area contributed by atoms with Gasteiger partial charge in [0.2, 0.25) is 0 Å². The molecule has 2 aromatic carbocycles. The third-order valence-corrected chi connectivity index (χ3v) is 4.68. The fourth-order valence-electron chi connectivity index (χ4n) is 2.35. The van der Waals surface area contributed by atoms with Crippen LogP contribution < -0.4 is 10.1 Å². The maximum Gasteiger partial charge on any atom is 0.271 e. The van der Waals surface area contributed by atoms with Crippen LogP contribution in [0, 0.1) is 5.82 Å². The molecular weight excluding hydrogens is 339 g/mol. The van der Waals surface area contributed by atoms with E-state index in [1.807, 2.05) is 31.2 Å². The molecule has 1 atom stereocenters. The summed E-state index contributed by atoms with van der Waals surface area (Å²) in [7, 11) is 1.61. The summed E-state index contributed by atoms with van der Waals surface area (Å²) in [5, 5.41) is 5.37. The van der Waals surface area contributed by atoms with Gasteiger partial charge in [0.25, 0.3) is 5.91 Å². The third kappa shape index (κ3) is 4.03. The first-order valence-electron chi connectivity index (χ1n) is 7.73. The molecule has 1 heterocycles. The van der Waals surface area contributed by atoms with Gasteiger partial charge < -0.3 is 10.1 Å². The monoisotopic (exact) mass is 356 g/mol. The van der Waals surface area contributed by atoms with E-state index in [-0.39, 0.29) is 17.8 Å². The minimum Gasteiger partial charge on any atom is -0.497 e. The third-order valence-electron chi connectivity index (χ3n) is 3.79. The van der Waals surface area contributed by atoms with Gasteiger partial charge in [0.1, 0.15) is 22.3 Å². The normalized spacial score (nSPS) is 11.8. The predicted octanol–water partition coefficient (Wildman–Crippen LogP) is 4.45. The zero-order valence-corrected chi connectivity index (χ0v) is 14.6. The van der Waals surface area contributed by atoms with Gasteiger partial charge in [-0.25, -0.2) is 9.37 Å². The van der Waals surface area contributed by atoms with Crippen LogP contribution >= 0.6 is 11.3 Å². The Kier molecular flexibility index (Phi) is 5.09. The summed E-state index contributed by atoms with van der Waals surface area (Å²) >= 11 is 1.41. The molecule has 0 saturated carbocycles. The van der Waals surface area contributed by atoms with E-state index in [0.717, 1.165) is 21.9 Å². The minimum atomic E-state index is -0.300. The number of ether oxygens (including phenoxy) is 1. The van der Waals surface area contributed by atoms with Crippen molar-refractivity contribution >= 4 is 17.2 Å². The maximum absolute atomic E-state index is 13.0. The summed E-state index contributed by atoms with van der Waals surface area (Å²) in [4.78, 5) is 16.8. The van der Waals surface area contributed by atoms with Crippen molar-refractivity contribution in [1.29, 1.82) is 0 Å². The number of nitrogens with one attached hydrogen (secondary N) is 1. The van der Waals surface area contributed by atoms with E-state index in [1.54, 1.807) is 24.6 Å². The van der Waals surface area contributed by atoms with Gasteiger partial charge in [-0.2, -0.15) is 0 Å². The molecule has 6 heteroatoms. The highest BCUT2D eigenvalue weighted by Gasteiger charge is 2.15. The molecule has 0 bridgehead atoms. The number of nitrogens with zero attached hydrogens (tertiary/aromatic N) is 1. The topological polar surface area (TPSA) is 51.2 Å². The number of benzene rings is 2. The van der Waals surface area contributed by atoms with Crippen molar-refractivity contribution in [2.45, 2.75) is 13.0 Å². The van der Waals surface area contributed by atoms with Crippen LogP contribution in [0.3, 0.4) is 0 Å². The van der Waals surface area contributed by atoms with Crippen molar-refractivity contribution < 1.29 is 13.9 Å². The number of methoxy groups -OCH3 is 1. The van der Waals surface area contributed by atoms with E-state index in [9.17, 15) is 9.18 Å². The molecule has 0 unspecified atom stereocenters. The lowest BCUT2D eigenvalue weighted by atomic mass is 10.1. The molecule has 0 aliphatic rings. The lowest BCUT2D eigenvalue weighted by Gasteiger charge is -2.13. The van der Waals surface area contributed by atoms with Crippen LogP contribution in [0.4, 0.5) is 4.39 Å². The highest BCUT2D eigenvalue weighted by atomic mass is 32.1. The molecular formula is C19H17FN2O2S. The van der Waals surface area contributed by atoms with Gasteiger partial charge in [-0.05, 0) is 48.9 Å². The average Bonchev–Trinajstić information content (AvgIpc) is 3.12. The van der Waals surface area contributed by atoms with Gasteiger partial charge in [-0.1, -0.05) is 12.1 Å². The molecule has 0 aliphatic carbocycles. The first-order chi connectivity index (χ1) is 12.1. The van der Waals surface area contributed by atoms with Crippen molar-refractivity contribution in [3.05, 3.63) is 71.0 Å². The van der Waals surface area contributed by atoms with Crippen molar-refractivity contribution in [3.63, 3.8) is 0 Å². The second-order valence-corrected chi connectivity index (χ2v) is 6.37. The average molecular weight is 356 g/mol. The van der Waals surface area contributed by atoms with Gasteiger partial charge in [0.05, 0.1) is 13.2 Å². The van der Waals surface area contributed by atoms with Crippen LogP contribution in [0.2, 0.25) is 0 Å². The first kappa shape index (κ1) is 17.1. The van der Waals surface area contributed by atoms with E-state index in [1.165, 1.54) is 23.5 Å². The largest absolute Gasteiger partial charge is 0.497 e. The fraction of sp³-hybridized carbons (Fsp3) is 0.158. The molecule has 0 aliphatic heterocycles. The van der Waals surface area contributed by atoms with Gasteiger partial charge in [-0.15, -0.1) is 11.3 Å². The molecule has 1 amide bonds.